The molecule has 4 rings (SSSR count). The lowest BCUT2D eigenvalue weighted by molar-refractivity contribution is -0.161. The summed E-state index contributed by atoms with van der Waals surface area (Å²) in [6.07, 6.45) is 4.17. The molecule has 0 bridgehead atoms. The molecule has 0 amide bonds. The van der Waals surface area contributed by atoms with E-state index in [1.54, 1.807) is 11.6 Å². The molecule has 2 aromatic carbocycles. The van der Waals surface area contributed by atoms with Crippen LogP contribution in [0.25, 0.3) is 11.4 Å². The first-order valence-corrected chi connectivity index (χ1v) is 15.1. The van der Waals surface area contributed by atoms with Gasteiger partial charge in [-0.2, -0.15) is 0 Å². The van der Waals surface area contributed by atoms with E-state index in [1.807, 2.05) is 88.4 Å². The van der Waals surface area contributed by atoms with E-state index in [4.69, 9.17) is 4.74 Å². The zero-order valence-corrected chi connectivity index (χ0v) is 24.7. The van der Waals surface area contributed by atoms with Crippen molar-refractivity contribution in [3.05, 3.63) is 83.8 Å². The van der Waals surface area contributed by atoms with E-state index in [2.05, 4.69) is 9.71 Å². The van der Waals surface area contributed by atoms with E-state index in [-0.39, 0.29) is 22.8 Å². The second-order valence-electron chi connectivity index (χ2n) is 11.6. The van der Waals surface area contributed by atoms with E-state index < -0.39 is 33.1 Å². The predicted octanol–water partition coefficient (Wildman–Crippen LogP) is 5.71. The standard InChI is InChI=1S/C31H39N3O5S/c1-6-18-31(19-17-22-13-9-7-10-14-22)20-24(35)26(29(36)39-31)27(30(2,3)4)33-40(37,38)25-21-34(5)28(32-25)23-15-11-8-12-16-23/h7-16,21,27,33,35H,6,17-20H2,1-5H3/t27?,31-/m0/s1. The number of aryl methyl sites for hydroxylation is 2. The number of aromatic nitrogens is 2. The van der Waals surface area contributed by atoms with Crippen LogP contribution in [0.4, 0.5) is 0 Å². The fourth-order valence-electron chi connectivity index (χ4n) is 5.27. The molecule has 214 valence electrons. The molecule has 0 fully saturated rings. The summed E-state index contributed by atoms with van der Waals surface area (Å²) >= 11 is 0. The molecule has 1 aliphatic rings. The number of benzene rings is 2. The first-order valence-electron chi connectivity index (χ1n) is 13.7. The average molecular weight is 566 g/mol. The minimum absolute atomic E-state index is 0.0540. The van der Waals surface area contributed by atoms with E-state index >= 15 is 0 Å². The van der Waals surface area contributed by atoms with Crippen molar-refractivity contribution in [2.24, 2.45) is 12.5 Å². The Kier molecular flexibility index (Phi) is 8.56. The molecular weight excluding hydrogens is 526 g/mol. The number of esters is 1. The molecule has 9 heteroatoms. The largest absolute Gasteiger partial charge is 0.512 e. The average Bonchev–Trinajstić information content (AvgIpc) is 3.30. The topological polar surface area (TPSA) is 111 Å². The molecule has 0 saturated heterocycles. The summed E-state index contributed by atoms with van der Waals surface area (Å²) in [6, 6.07) is 18.2. The second-order valence-corrected chi connectivity index (χ2v) is 13.3. The Morgan fingerprint density at radius 2 is 1.70 bits per heavy atom. The summed E-state index contributed by atoms with van der Waals surface area (Å²) in [6.45, 7) is 7.44. The lowest BCUT2D eigenvalue weighted by Crippen LogP contribution is -2.51. The van der Waals surface area contributed by atoms with Gasteiger partial charge in [0.1, 0.15) is 17.2 Å². The van der Waals surface area contributed by atoms with Gasteiger partial charge in [0.2, 0.25) is 0 Å². The quantitative estimate of drug-likeness (QED) is 0.305. The zero-order chi connectivity index (χ0) is 29.1. The number of imidazole rings is 1. The summed E-state index contributed by atoms with van der Waals surface area (Å²) in [5.41, 5.74) is 0.219. The van der Waals surface area contributed by atoms with Gasteiger partial charge in [-0.1, -0.05) is 94.8 Å². The number of carbonyl (C=O) groups is 1. The molecule has 1 aliphatic heterocycles. The maximum atomic E-state index is 13.6. The van der Waals surface area contributed by atoms with Gasteiger partial charge in [-0.05, 0) is 30.2 Å². The monoisotopic (exact) mass is 565 g/mol. The van der Waals surface area contributed by atoms with Crippen LogP contribution in [0.1, 0.15) is 58.9 Å². The SMILES string of the molecule is CCC[C@]1(CCc2ccccc2)CC(O)=C(C(NS(=O)(=O)c2cn(C)c(-c3ccccc3)n2)C(C)(C)C)C(=O)O1. The molecule has 0 spiro atoms. The molecule has 0 radical (unpaired) electrons. The van der Waals surface area contributed by atoms with Gasteiger partial charge in [-0.3, -0.25) is 0 Å². The molecule has 8 nitrogen and oxygen atoms in total. The Morgan fingerprint density at radius 1 is 1.07 bits per heavy atom. The van der Waals surface area contributed by atoms with Crippen LogP contribution in [0, 0.1) is 5.41 Å². The van der Waals surface area contributed by atoms with Crippen LogP contribution in [0.2, 0.25) is 0 Å². The Labute approximate surface area is 237 Å². The molecule has 1 unspecified atom stereocenters. The Morgan fingerprint density at radius 3 is 2.27 bits per heavy atom. The number of aliphatic hydroxyl groups excluding tert-OH is 1. The highest BCUT2D eigenvalue weighted by molar-refractivity contribution is 7.89. The van der Waals surface area contributed by atoms with Gasteiger partial charge in [0.25, 0.3) is 10.0 Å². The van der Waals surface area contributed by atoms with E-state index in [0.717, 1.165) is 17.5 Å². The third-order valence-electron chi connectivity index (χ3n) is 7.34. The molecule has 2 heterocycles. The molecule has 0 saturated carbocycles. The van der Waals surface area contributed by atoms with Crippen molar-refractivity contribution in [2.45, 2.75) is 76.5 Å². The Hall–Kier alpha value is -3.43. The minimum Gasteiger partial charge on any atom is -0.512 e. The van der Waals surface area contributed by atoms with Crippen molar-refractivity contribution in [3.8, 4) is 11.4 Å². The minimum atomic E-state index is -4.17. The highest BCUT2D eigenvalue weighted by Crippen LogP contribution is 2.40. The molecule has 2 N–H and O–H groups in total. The number of hydrogen-bond acceptors (Lipinski definition) is 6. The zero-order valence-electron chi connectivity index (χ0n) is 23.8. The van der Waals surface area contributed by atoms with Crippen LogP contribution in [-0.4, -0.2) is 40.7 Å². The summed E-state index contributed by atoms with van der Waals surface area (Å²) in [7, 11) is -2.44. The maximum absolute atomic E-state index is 13.6. The van der Waals surface area contributed by atoms with Crippen LogP contribution >= 0.6 is 0 Å². The summed E-state index contributed by atoms with van der Waals surface area (Å²) in [4.78, 5) is 18.0. The second kappa shape index (κ2) is 11.6. The van der Waals surface area contributed by atoms with Crippen LogP contribution in [-0.2, 0) is 33.0 Å². The number of ether oxygens (including phenoxy) is 1. The third kappa shape index (κ3) is 6.47. The molecular formula is C31H39N3O5S. The van der Waals surface area contributed by atoms with Gasteiger partial charge < -0.3 is 14.4 Å². The molecule has 0 aliphatic carbocycles. The van der Waals surface area contributed by atoms with Crippen LogP contribution in [0.15, 0.2) is 83.2 Å². The van der Waals surface area contributed by atoms with Crippen LogP contribution in [0.3, 0.4) is 0 Å². The van der Waals surface area contributed by atoms with Crippen LogP contribution < -0.4 is 4.72 Å². The fraction of sp³-hybridized carbons (Fsp3) is 0.419. The molecule has 2 atom stereocenters. The molecule has 40 heavy (non-hydrogen) atoms. The van der Waals surface area contributed by atoms with Gasteiger partial charge >= 0.3 is 5.97 Å². The van der Waals surface area contributed by atoms with Gasteiger partial charge in [-0.15, -0.1) is 0 Å². The number of hydrogen-bond donors (Lipinski definition) is 2. The van der Waals surface area contributed by atoms with E-state index in [1.165, 1.54) is 6.20 Å². The third-order valence-corrected chi connectivity index (χ3v) is 8.63. The first-order chi connectivity index (χ1) is 18.8. The number of sulfonamides is 1. The number of carbonyl (C=O) groups excluding carboxylic acids is 1. The van der Waals surface area contributed by atoms with E-state index in [9.17, 15) is 18.3 Å². The highest BCUT2D eigenvalue weighted by Gasteiger charge is 2.46. The van der Waals surface area contributed by atoms with Crippen molar-refractivity contribution in [1.82, 2.24) is 14.3 Å². The summed E-state index contributed by atoms with van der Waals surface area (Å²) < 4.78 is 37.6. The van der Waals surface area contributed by atoms with Crippen molar-refractivity contribution >= 4 is 16.0 Å². The number of aliphatic hydroxyl groups is 1. The Bertz CT molecular complexity index is 1470. The van der Waals surface area contributed by atoms with Crippen molar-refractivity contribution < 1.29 is 23.1 Å². The number of rotatable bonds is 10. The highest BCUT2D eigenvalue weighted by atomic mass is 32.2. The molecule has 3 aromatic rings. The van der Waals surface area contributed by atoms with Crippen molar-refractivity contribution in [2.75, 3.05) is 0 Å². The number of cyclic esters (lactones) is 1. The normalized spacial score (nSPS) is 19.0. The lowest BCUT2D eigenvalue weighted by atomic mass is 9.78. The van der Waals surface area contributed by atoms with Gasteiger partial charge in [0.05, 0.1) is 11.6 Å². The van der Waals surface area contributed by atoms with Gasteiger partial charge in [0, 0.05) is 25.2 Å². The Balaban J connectivity index is 1.64. The number of nitrogens with zero attached hydrogens (tertiary/aromatic N) is 2. The number of nitrogens with one attached hydrogen (secondary N) is 1. The van der Waals surface area contributed by atoms with Crippen molar-refractivity contribution in [1.29, 1.82) is 0 Å². The maximum Gasteiger partial charge on any atom is 0.339 e. The summed E-state index contributed by atoms with van der Waals surface area (Å²) in [5, 5.41) is 11.2. The first kappa shape index (κ1) is 29.6. The van der Waals surface area contributed by atoms with Crippen LogP contribution in [0.5, 0.6) is 0 Å². The van der Waals surface area contributed by atoms with E-state index in [0.29, 0.717) is 25.1 Å². The lowest BCUT2D eigenvalue weighted by Gasteiger charge is -2.41. The molecule has 1 aromatic heterocycles. The van der Waals surface area contributed by atoms with Crippen molar-refractivity contribution in [3.63, 3.8) is 0 Å². The fourth-order valence-corrected chi connectivity index (χ4v) is 6.68. The smallest absolute Gasteiger partial charge is 0.339 e. The predicted molar refractivity (Wildman–Crippen MR) is 155 cm³/mol. The summed E-state index contributed by atoms with van der Waals surface area (Å²) in [5.74, 6) is -0.333. The van der Waals surface area contributed by atoms with Gasteiger partial charge in [-0.25, -0.2) is 22.9 Å². The van der Waals surface area contributed by atoms with Gasteiger partial charge in [0.15, 0.2) is 5.03 Å².